The average molecular weight is 381 g/mol. The molecule has 0 aliphatic rings. The van der Waals surface area contributed by atoms with Crippen molar-refractivity contribution in [1.82, 2.24) is 4.98 Å². The monoisotopic (exact) mass is 380 g/mol. The van der Waals surface area contributed by atoms with Crippen LogP contribution < -0.4 is 0 Å². The quantitative estimate of drug-likeness (QED) is 0.490. The van der Waals surface area contributed by atoms with E-state index in [-0.39, 0.29) is 0 Å². The normalized spacial score (nSPS) is 11.9. The molecule has 3 rings (SSSR count). The third-order valence-corrected chi connectivity index (χ3v) is 4.93. The molecule has 0 saturated carbocycles. The van der Waals surface area contributed by atoms with Crippen molar-refractivity contribution in [2.24, 2.45) is 4.99 Å². The summed E-state index contributed by atoms with van der Waals surface area (Å²) in [5.41, 5.74) is 6.52. The van der Waals surface area contributed by atoms with Gasteiger partial charge in [0.05, 0.1) is 22.6 Å². The molecule has 0 amide bonds. The lowest BCUT2D eigenvalue weighted by molar-refractivity contribution is 1.08. The smallest absolute Gasteiger partial charge is 0.0851 e. The van der Waals surface area contributed by atoms with Gasteiger partial charge in [-0.2, -0.15) is 0 Å². The molecule has 1 heterocycles. The number of hydrogen-bond donors (Lipinski definition) is 0. The van der Waals surface area contributed by atoms with Crippen LogP contribution in [-0.4, -0.2) is 10.7 Å². The van der Waals surface area contributed by atoms with E-state index in [9.17, 15) is 0 Å². The van der Waals surface area contributed by atoms with Crippen molar-refractivity contribution in [3.63, 3.8) is 0 Å². The first-order valence-corrected chi connectivity index (χ1v) is 9.15. The van der Waals surface area contributed by atoms with Gasteiger partial charge in [0, 0.05) is 9.86 Å². The highest BCUT2D eigenvalue weighted by atomic mass is 79.9. The highest BCUT2D eigenvalue weighted by Crippen LogP contribution is 2.27. The van der Waals surface area contributed by atoms with Crippen LogP contribution >= 0.6 is 15.9 Å². The van der Waals surface area contributed by atoms with Crippen LogP contribution in [0.2, 0.25) is 0 Å². The Balaban J connectivity index is 2.11. The Morgan fingerprint density at radius 2 is 1.62 bits per heavy atom. The van der Waals surface area contributed by atoms with Gasteiger partial charge in [0.25, 0.3) is 0 Å². The van der Waals surface area contributed by atoms with Crippen molar-refractivity contribution in [2.45, 2.75) is 33.6 Å². The molecule has 1 aromatic heterocycles. The second kappa shape index (κ2) is 7.27. The van der Waals surface area contributed by atoms with E-state index in [1.165, 1.54) is 11.1 Å². The number of benzene rings is 2. The Hall–Kier alpha value is -2.00. The van der Waals surface area contributed by atoms with Crippen LogP contribution in [0.5, 0.6) is 0 Å². The molecule has 3 heteroatoms. The number of hydrogen-bond acceptors (Lipinski definition) is 2. The van der Waals surface area contributed by atoms with E-state index in [1.54, 1.807) is 0 Å². The van der Waals surface area contributed by atoms with E-state index in [0.717, 1.165) is 45.3 Å². The molecule has 0 spiro atoms. The third kappa shape index (κ3) is 3.27. The Bertz CT molecular complexity index is 891. The molecule has 0 atom stereocenters. The Kier molecular flexibility index (Phi) is 5.10. The number of fused-ring (bicyclic) bond motifs is 1. The van der Waals surface area contributed by atoms with Gasteiger partial charge in [-0.05, 0) is 59.0 Å². The maximum absolute atomic E-state index is 4.95. The summed E-state index contributed by atoms with van der Waals surface area (Å²) in [6, 6.07) is 16.7. The molecule has 0 radical (unpaired) electrons. The number of nitrogens with zero attached hydrogens (tertiary/aromatic N) is 2. The molecule has 0 saturated heterocycles. The summed E-state index contributed by atoms with van der Waals surface area (Å²) in [6.45, 7) is 6.39. The standard InChI is InChI=1S/C21H21BrN2/c1-4-15-8-6-9-16(5-2)20(15)23-14(3)19-13-12-17-10-7-11-18(22)21(17)24-19/h6-13H,4-5H2,1-3H3/b23-14+. The van der Waals surface area contributed by atoms with Gasteiger partial charge in [-0.25, -0.2) is 4.98 Å². The van der Waals surface area contributed by atoms with Crippen LogP contribution in [0.1, 0.15) is 37.6 Å². The molecular weight excluding hydrogens is 360 g/mol. The molecule has 0 aliphatic carbocycles. The molecular formula is C21H21BrN2. The number of rotatable bonds is 4. The van der Waals surface area contributed by atoms with E-state index < -0.39 is 0 Å². The van der Waals surface area contributed by atoms with E-state index in [1.807, 2.05) is 25.1 Å². The van der Waals surface area contributed by atoms with Crippen molar-refractivity contribution in [2.75, 3.05) is 0 Å². The van der Waals surface area contributed by atoms with Gasteiger partial charge in [0.1, 0.15) is 0 Å². The van der Waals surface area contributed by atoms with E-state index in [2.05, 4.69) is 60.1 Å². The molecule has 0 fully saturated rings. The SMILES string of the molecule is CCc1cccc(CC)c1/N=C(\C)c1ccc2cccc(Br)c2n1. The number of pyridine rings is 1. The number of aryl methyl sites for hydroxylation is 2. The molecule has 24 heavy (non-hydrogen) atoms. The minimum atomic E-state index is 0.919. The summed E-state index contributed by atoms with van der Waals surface area (Å²) in [4.78, 5) is 9.75. The molecule has 3 aromatic rings. The Morgan fingerprint density at radius 1 is 0.958 bits per heavy atom. The van der Waals surface area contributed by atoms with Gasteiger partial charge in [0.2, 0.25) is 0 Å². The minimum absolute atomic E-state index is 0.919. The van der Waals surface area contributed by atoms with Crippen LogP contribution in [0.4, 0.5) is 5.69 Å². The first kappa shape index (κ1) is 16.8. The highest BCUT2D eigenvalue weighted by Gasteiger charge is 2.08. The summed E-state index contributed by atoms with van der Waals surface area (Å²) in [5.74, 6) is 0. The van der Waals surface area contributed by atoms with Crippen LogP contribution in [-0.2, 0) is 12.8 Å². The molecule has 2 nitrogen and oxygen atoms in total. The first-order valence-electron chi connectivity index (χ1n) is 8.35. The zero-order chi connectivity index (χ0) is 17.1. The van der Waals surface area contributed by atoms with E-state index in [4.69, 9.17) is 9.98 Å². The van der Waals surface area contributed by atoms with Crippen LogP contribution in [0.25, 0.3) is 10.9 Å². The van der Waals surface area contributed by atoms with Gasteiger partial charge in [0.15, 0.2) is 0 Å². The zero-order valence-corrected chi connectivity index (χ0v) is 15.9. The van der Waals surface area contributed by atoms with Gasteiger partial charge >= 0.3 is 0 Å². The Morgan fingerprint density at radius 3 is 2.29 bits per heavy atom. The van der Waals surface area contributed by atoms with Crippen molar-refractivity contribution in [3.05, 3.63) is 69.8 Å². The van der Waals surface area contributed by atoms with Crippen LogP contribution in [0, 0.1) is 0 Å². The highest BCUT2D eigenvalue weighted by molar-refractivity contribution is 9.10. The van der Waals surface area contributed by atoms with E-state index in [0.29, 0.717) is 0 Å². The van der Waals surface area contributed by atoms with Crippen molar-refractivity contribution in [1.29, 1.82) is 0 Å². The van der Waals surface area contributed by atoms with Gasteiger partial charge in [-0.15, -0.1) is 0 Å². The topological polar surface area (TPSA) is 25.2 Å². The number of aliphatic imine (C=N–C) groups is 1. The number of para-hydroxylation sites is 2. The Labute approximate surface area is 151 Å². The lowest BCUT2D eigenvalue weighted by atomic mass is 10.0. The second-order valence-electron chi connectivity index (χ2n) is 5.84. The minimum Gasteiger partial charge on any atom is -0.251 e. The largest absolute Gasteiger partial charge is 0.251 e. The molecule has 122 valence electrons. The van der Waals surface area contributed by atoms with Crippen LogP contribution in [0.15, 0.2) is 58.0 Å². The lowest BCUT2D eigenvalue weighted by Crippen LogP contribution is -2.00. The average Bonchev–Trinajstić information content (AvgIpc) is 2.62. The molecule has 2 aromatic carbocycles. The molecule has 0 N–H and O–H groups in total. The third-order valence-electron chi connectivity index (χ3n) is 4.29. The number of aromatic nitrogens is 1. The summed E-state index contributed by atoms with van der Waals surface area (Å²) < 4.78 is 1.01. The summed E-state index contributed by atoms with van der Waals surface area (Å²) in [5, 5.41) is 1.13. The van der Waals surface area contributed by atoms with Gasteiger partial charge in [-0.3, -0.25) is 4.99 Å². The summed E-state index contributed by atoms with van der Waals surface area (Å²) in [6.07, 6.45) is 1.97. The summed E-state index contributed by atoms with van der Waals surface area (Å²) in [7, 11) is 0. The first-order chi connectivity index (χ1) is 11.6. The van der Waals surface area contributed by atoms with Gasteiger partial charge < -0.3 is 0 Å². The lowest BCUT2D eigenvalue weighted by Gasteiger charge is -2.10. The maximum Gasteiger partial charge on any atom is 0.0851 e. The maximum atomic E-state index is 4.95. The fourth-order valence-electron chi connectivity index (χ4n) is 2.90. The van der Waals surface area contributed by atoms with Crippen molar-refractivity contribution in [3.8, 4) is 0 Å². The van der Waals surface area contributed by atoms with E-state index >= 15 is 0 Å². The molecule has 0 unspecified atom stereocenters. The molecule has 0 bridgehead atoms. The van der Waals surface area contributed by atoms with Crippen LogP contribution in [0.3, 0.4) is 0 Å². The van der Waals surface area contributed by atoms with Gasteiger partial charge in [-0.1, -0.05) is 50.2 Å². The second-order valence-corrected chi connectivity index (χ2v) is 6.69. The predicted octanol–water partition coefficient (Wildman–Crippen LogP) is 6.26. The van der Waals surface area contributed by atoms with Crippen molar-refractivity contribution < 1.29 is 0 Å². The molecule has 0 aliphatic heterocycles. The fourth-order valence-corrected chi connectivity index (χ4v) is 3.37. The zero-order valence-electron chi connectivity index (χ0n) is 14.3. The summed E-state index contributed by atoms with van der Waals surface area (Å²) >= 11 is 3.59. The fraction of sp³-hybridized carbons (Fsp3) is 0.238. The predicted molar refractivity (Wildman–Crippen MR) is 107 cm³/mol. The van der Waals surface area contributed by atoms with Crippen molar-refractivity contribution >= 4 is 38.2 Å². The number of halogens is 1.